The first-order valence-electron chi connectivity index (χ1n) is 5.71. The molecule has 0 aliphatic heterocycles. The van der Waals surface area contributed by atoms with E-state index in [1.54, 1.807) is 4.68 Å². The Hall–Kier alpha value is -0.560. The maximum Gasteiger partial charge on any atom is 0.391 e. The average Bonchev–Trinajstić information content (AvgIpc) is 2.64. The molecule has 3 nitrogen and oxygen atoms in total. The van der Waals surface area contributed by atoms with Crippen LogP contribution in [0.1, 0.15) is 38.4 Å². The molecule has 1 aromatic rings. The maximum absolute atomic E-state index is 11.9. The highest BCUT2D eigenvalue weighted by Crippen LogP contribution is 2.21. The van der Waals surface area contributed by atoms with E-state index in [9.17, 15) is 13.2 Å². The van der Waals surface area contributed by atoms with E-state index in [0.29, 0.717) is 5.69 Å². The van der Waals surface area contributed by atoms with Crippen LogP contribution in [0.2, 0.25) is 0 Å². The summed E-state index contributed by atoms with van der Waals surface area (Å²) in [6, 6.07) is 0.255. The fraction of sp³-hybridized carbons (Fsp3) is 0.727. The fourth-order valence-electron chi connectivity index (χ4n) is 1.27. The molecule has 18 heavy (non-hydrogen) atoms. The molecule has 7 heteroatoms. The van der Waals surface area contributed by atoms with Gasteiger partial charge in [0.05, 0.1) is 24.1 Å². The quantitative estimate of drug-likeness (QED) is 0.735. The second kappa shape index (κ2) is 6.56. The van der Waals surface area contributed by atoms with Crippen molar-refractivity contribution in [2.24, 2.45) is 0 Å². The number of nitrogens with zero attached hydrogens (tertiary/aromatic N) is 2. The minimum absolute atomic E-state index is 0.0834. The van der Waals surface area contributed by atoms with E-state index in [2.05, 4.69) is 21.0 Å². The lowest BCUT2D eigenvalue weighted by molar-refractivity contribution is -0.146. The van der Waals surface area contributed by atoms with Crippen molar-refractivity contribution in [2.45, 2.75) is 45.5 Å². The summed E-state index contributed by atoms with van der Waals surface area (Å²) in [5.74, 6) is 0. The van der Waals surface area contributed by atoms with E-state index in [0.717, 1.165) is 10.9 Å². The third-order valence-electron chi connectivity index (χ3n) is 2.57. The van der Waals surface area contributed by atoms with Gasteiger partial charge in [-0.3, -0.25) is 4.68 Å². The van der Waals surface area contributed by atoms with E-state index in [1.165, 1.54) is 0 Å². The van der Waals surface area contributed by atoms with E-state index in [4.69, 9.17) is 4.74 Å². The van der Waals surface area contributed by atoms with Gasteiger partial charge in [0.2, 0.25) is 0 Å². The minimum atomic E-state index is -4.17. The fourth-order valence-corrected chi connectivity index (χ4v) is 1.68. The Kier molecular flexibility index (Phi) is 5.65. The molecule has 0 radical (unpaired) electrons. The van der Waals surface area contributed by atoms with Gasteiger partial charge in [-0.25, -0.2) is 0 Å². The van der Waals surface area contributed by atoms with Crippen LogP contribution in [-0.2, 0) is 11.3 Å². The molecule has 0 bridgehead atoms. The molecule has 0 saturated heterocycles. The number of rotatable bonds is 6. The van der Waals surface area contributed by atoms with Crippen molar-refractivity contribution in [3.63, 3.8) is 0 Å². The van der Waals surface area contributed by atoms with Crippen molar-refractivity contribution in [3.8, 4) is 0 Å². The van der Waals surface area contributed by atoms with Crippen LogP contribution in [0.4, 0.5) is 13.2 Å². The van der Waals surface area contributed by atoms with Crippen molar-refractivity contribution in [1.29, 1.82) is 0 Å². The third-order valence-corrected chi connectivity index (χ3v) is 3.23. The Morgan fingerprint density at radius 3 is 2.72 bits per heavy atom. The minimum Gasteiger partial charge on any atom is -0.375 e. The monoisotopic (exact) mass is 328 g/mol. The van der Waals surface area contributed by atoms with Crippen molar-refractivity contribution < 1.29 is 17.9 Å². The number of halogens is 4. The maximum atomic E-state index is 11.9. The number of hydrogen-bond donors (Lipinski definition) is 0. The second-order valence-corrected chi connectivity index (χ2v) is 4.93. The molecule has 0 aliphatic carbocycles. The van der Waals surface area contributed by atoms with Crippen LogP contribution in [0.25, 0.3) is 0 Å². The average molecular weight is 329 g/mol. The molecule has 104 valence electrons. The van der Waals surface area contributed by atoms with Crippen LogP contribution < -0.4 is 0 Å². The molecule has 0 aromatic carbocycles. The molecular formula is C11H16BrF3N2O. The summed E-state index contributed by atoms with van der Waals surface area (Å²) >= 11 is 3.32. The Labute approximate surface area is 112 Å². The normalized spacial score (nSPS) is 13.9. The van der Waals surface area contributed by atoms with E-state index in [1.807, 2.05) is 20.0 Å². The molecule has 1 aromatic heterocycles. The first-order valence-corrected chi connectivity index (χ1v) is 6.50. The molecule has 1 rings (SSSR count). The SMILES string of the molecule is CCC(C)n1cc(Br)c(COCCC(F)(F)F)n1. The largest absolute Gasteiger partial charge is 0.391 e. The second-order valence-electron chi connectivity index (χ2n) is 4.08. The molecule has 0 saturated carbocycles. The molecule has 0 spiro atoms. The zero-order chi connectivity index (χ0) is 13.8. The number of ether oxygens (including phenoxy) is 1. The van der Waals surface area contributed by atoms with Crippen LogP contribution in [0.5, 0.6) is 0 Å². The van der Waals surface area contributed by atoms with Crippen molar-refractivity contribution in [2.75, 3.05) is 6.61 Å². The molecule has 0 fully saturated rings. The van der Waals surface area contributed by atoms with Crippen LogP contribution >= 0.6 is 15.9 Å². The summed E-state index contributed by atoms with van der Waals surface area (Å²) in [5, 5.41) is 4.28. The van der Waals surface area contributed by atoms with E-state index in [-0.39, 0.29) is 19.3 Å². The number of alkyl halides is 3. The lowest BCUT2D eigenvalue weighted by atomic mass is 10.3. The van der Waals surface area contributed by atoms with Gasteiger partial charge in [-0.15, -0.1) is 0 Å². The lowest BCUT2D eigenvalue weighted by Gasteiger charge is -2.08. The molecule has 1 heterocycles. The molecule has 0 amide bonds. The summed E-state index contributed by atoms with van der Waals surface area (Å²) in [5.41, 5.74) is 0.623. The van der Waals surface area contributed by atoms with Gasteiger partial charge in [-0.05, 0) is 29.3 Å². The van der Waals surface area contributed by atoms with Gasteiger partial charge in [0.1, 0.15) is 5.69 Å². The summed E-state index contributed by atoms with van der Waals surface area (Å²) in [6.45, 7) is 3.81. The van der Waals surface area contributed by atoms with Gasteiger partial charge in [-0.2, -0.15) is 18.3 Å². The van der Waals surface area contributed by atoms with Crippen molar-refractivity contribution in [3.05, 3.63) is 16.4 Å². The number of hydrogen-bond acceptors (Lipinski definition) is 2. The molecular weight excluding hydrogens is 313 g/mol. The smallest absolute Gasteiger partial charge is 0.375 e. The van der Waals surface area contributed by atoms with Gasteiger partial charge >= 0.3 is 6.18 Å². The summed E-state index contributed by atoms with van der Waals surface area (Å²) < 4.78 is 43.2. The highest BCUT2D eigenvalue weighted by Gasteiger charge is 2.26. The predicted molar refractivity (Wildman–Crippen MR) is 65.3 cm³/mol. The lowest BCUT2D eigenvalue weighted by Crippen LogP contribution is -2.12. The summed E-state index contributed by atoms with van der Waals surface area (Å²) in [7, 11) is 0. The van der Waals surface area contributed by atoms with Gasteiger partial charge in [0.15, 0.2) is 0 Å². The Morgan fingerprint density at radius 1 is 1.50 bits per heavy atom. The van der Waals surface area contributed by atoms with Gasteiger partial charge < -0.3 is 4.74 Å². The van der Waals surface area contributed by atoms with E-state index >= 15 is 0 Å². The standard InChI is InChI=1S/C11H16BrF3N2O/c1-3-8(2)17-6-9(12)10(16-17)7-18-5-4-11(13,14)15/h6,8H,3-5,7H2,1-2H3. The van der Waals surface area contributed by atoms with Crippen molar-refractivity contribution in [1.82, 2.24) is 9.78 Å². The Balaban J connectivity index is 2.45. The Bertz CT molecular complexity index is 379. The van der Waals surface area contributed by atoms with Gasteiger partial charge in [0, 0.05) is 12.2 Å². The molecule has 1 unspecified atom stereocenters. The summed E-state index contributed by atoms with van der Waals surface area (Å²) in [6.07, 6.45) is -2.36. The van der Waals surface area contributed by atoms with Crippen LogP contribution in [-0.4, -0.2) is 22.6 Å². The van der Waals surface area contributed by atoms with E-state index < -0.39 is 12.6 Å². The van der Waals surface area contributed by atoms with Crippen molar-refractivity contribution >= 4 is 15.9 Å². The van der Waals surface area contributed by atoms with Crippen LogP contribution in [0, 0.1) is 0 Å². The first kappa shape index (κ1) is 15.5. The Morgan fingerprint density at radius 2 is 2.17 bits per heavy atom. The predicted octanol–water partition coefficient (Wildman–Crippen LogP) is 4.09. The zero-order valence-electron chi connectivity index (χ0n) is 10.3. The van der Waals surface area contributed by atoms with Gasteiger partial charge in [0.25, 0.3) is 0 Å². The number of aromatic nitrogens is 2. The molecule has 1 atom stereocenters. The van der Waals surface area contributed by atoms with Crippen LogP contribution in [0.15, 0.2) is 10.7 Å². The van der Waals surface area contributed by atoms with Gasteiger partial charge in [-0.1, -0.05) is 6.92 Å². The molecule has 0 N–H and O–H groups in total. The molecule has 0 aliphatic rings. The summed E-state index contributed by atoms with van der Waals surface area (Å²) in [4.78, 5) is 0. The first-order chi connectivity index (χ1) is 8.33. The van der Waals surface area contributed by atoms with Crippen LogP contribution in [0.3, 0.4) is 0 Å². The third kappa shape index (κ3) is 4.97. The zero-order valence-corrected chi connectivity index (χ0v) is 11.9. The highest BCUT2D eigenvalue weighted by atomic mass is 79.9. The highest BCUT2D eigenvalue weighted by molar-refractivity contribution is 9.10. The topological polar surface area (TPSA) is 27.1 Å².